The minimum Gasteiger partial charge on any atom is -0.467 e. The predicted octanol–water partition coefficient (Wildman–Crippen LogP) is 0.761. The van der Waals surface area contributed by atoms with E-state index in [0.717, 1.165) is 24.1 Å². The molecule has 0 spiro atoms. The van der Waals surface area contributed by atoms with Crippen molar-refractivity contribution in [2.75, 3.05) is 32.1 Å². The third-order valence-corrected chi connectivity index (χ3v) is 3.85. The van der Waals surface area contributed by atoms with E-state index in [2.05, 4.69) is 10.1 Å². The van der Waals surface area contributed by atoms with Crippen molar-refractivity contribution in [2.45, 2.75) is 13.0 Å². The molecule has 2 rings (SSSR count). The molecule has 1 aliphatic heterocycles. The van der Waals surface area contributed by atoms with Gasteiger partial charge in [0, 0.05) is 31.3 Å². The van der Waals surface area contributed by atoms with Crippen LogP contribution < -0.4 is 5.32 Å². The molecule has 10 heteroatoms. The van der Waals surface area contributed by atoms with Gasteiger partial charge in [-0.1, -0.05) is 0 Å². The van der Waals surface area contributed by atoms with Gasteiger partial charge in [0.1, 0.15) is 5.82 Å². The van der Waals surface area contributed by atoms with E-state index in [0.29, 0.717) is 0 Å². The average Bonchev–Trinajstić information content (AvgIpc) is 2.58. The van der Waals surface area contributed by atoms with E-state index >= 15 is 0 Å². The molecule has 140 valence electrons. The maximum absolute atomic E-state index is 13.8. The van der Waals surface area contributed by atoms with Crippen LogP contribution in [0.2, 0.25) is 0 Å². The first-order valence-electron chi connectivity index (χ1n) is 7.67. The highest BCUT2D eigenvalue weighted by Gasteiger charge is 2.38. The summed E-state index contributed by atoms with van der Waals surface area (Å²) in [4.78, 5) is 49.0. The van der Waals surface area contributed by atoms with Gasteiger partial charge in [-0.2, -0.15) is 0 Å². The Morgan fingerprint density at radius 2 is 1.92 bits per heavy atom. The number of carboxylic acid groups (broad SMARTS) is 1. The maximum atomic E-state index is 13.8. The van der Waals surface area contributed by atoms with Crippen molar-refractivity contribution >= 4 is 29.6 Å². The van der Waals surface area contributed by atoms with E-state index in [4.69, 9.17) is 0 Å². The molecule has 1 saturated heterocycles. The van der Waals surface area contributed by atoms with Gasteiger partial charge < -0.3 is 20.1 Å². The molecule has 1 aromatic rings. The molecule has 0 aromatic heterocycles. The summed E-state index contributed by atoms with van der Waals surface area (Å²) in [6, 6.07) is 2.21. The third kappa shape index (κ3) is 4.26. The fourth-order valence-corrected chi connectivity index (χ4v) is 2.71. The minimum atomic E-state index is -1.30. The maximum Gasteiger partial charge on any atom is 0.408 e. The smallest absolute Gasteiger partial charge is 0.408 e. The van der Waals surface area contributed by atoms with Crippen molar-refractivity contribution in [3.05, 3.63) is 29.6 Å². The number of hydrogen-bond donors (Lipinski definition) is 2. The van der Waals surface area contributed by atoms with Crippen LogP contribution in [0.4, 0.5) is 14.9 Å². The topological polar surface area (TPSA) is 116 Å². The van der Waals surface area contributed by atoms with E-state index in [9.17, 15) is 28.7 Å². The van der Waals surface area contributed by atoms with Gasteiger partial charge in [0.25, 0.3) is 5.91 Å². The molecule has 1 heterocycles. The Bertz CT molecular complexity index is 754. The van der Waals surface area contributed by atoms with Crippen molar-refractivity contribution in [1.82, 2.24) is 9.80 Å². The highest BCUT2D eigenvalue weighted by molar-refractivity contribution is 5.97. The van der Waals surface area contributed by atoms with Crippen LogP contribution in [-0.2, 0) is 14.3 Å². The number of nitrogens with zero attached hydrogens (tertiary/aromatic N) is 2. The van der Waals surface area contributed by atoms with Crippen molar-refractivity contribution in [2.24, 2.45) is 0 Å². The Morgan fingerprint density at radius 1 is 1.23 bits per heavy atom. The van der Waals surface area contributed by atoms with Crippen LogP contribution in [0.3, 0.4) is 0 Å². The number of carbonyl (C=O) groups is 4. The SMILES string of the molecule is COC(=O)C1CN(C(=O)c2cc(F)cc(NC(C)=O)c2)CCN1C(=O)O. The molecule has 9 nitrogen and oxygen atoms in total. The van der Waals surface area contributed by atoms with Crippen LogP contribution in [0, 0.1) is 5.82 Å². The fourth-order valence-electron chi connectivity index (χ4n) is 2.71. The van der Waals surface area contributed by atoms with E-state index < -0.39 is 35.7 Å². The Hall–Kier alpha value is -3.17. The van der Waals surface area contributed by atoms with Gasteiger partial charge in [0.05, 0.1) is 13.7 Å². The van der Waals surface area contributed by atoms with Crippen LogP contribution in [-0.4, -0.2) is 71.6 Å². The lowest BCUT2D eigenvalue weighted by Gasteiger charge is -2.38. The summed E-state index contributed by atoms with van der Waals surface area (Å²) >= 11 is 0. The lowest BCUT2D eigenvalue weighted by molar-refractivity contribution is -0.148. The zero-order valence-corrected chi connectivity index (χ0v) is 14.2. The average molecular weight is 367 g/mol. The molecular formula is C16H18FN3O6. The van der Waals surface area contributed by atoms with Crippen LogP contribution in [0.25, 0.3) is 0 Å². The van der Waals surface area contributed by atoms with E-state index in [1.165, 1.54) is 17.9 Å². The molecular weight excluding hydrogens is 349 g/mol. The molecule has 26 heavy (non-hydrogen) atoms. The molecule has 1 aromatic carbocycles. The highest BCUT2D eigenvalue weighted by Crippen LogP contribution is 2.19. The summed E-state index contributed by atoms with van der Waals surface area (Å²) < 4.78 is 18.3. The molecule has 0 bridgehead atoms. The van der Waals surface area contributed by atoms with Gasteiger partial charge in [0.15, 0.2) is 6.04 Å². The standard InChI is InChI=1S/C16H18FN3O6/c1-9(21)18-12-6-10(5-11(17)7-12)14(22)19-3-4-20(16(24)25)13(8-19)15(23)26-2/h5-7,13H,3-4,8H2,1-2H3,(H,18,21)(H,24,25). The predicted molar refractivity (Wildman–Crippen MR) is 87.1 cm³/mol. The van der Waals surface area contributed by atoms with Gasteiger partial charge in [0.2, 0.25) is 5.91 Å². The van der Waals surface area contributed by atoms with E-state index in [-0.39, 0.29) is 30.9 Å². The van der Waals surface area contributed by atoms with Crippen molar-refractivity contribution in [3.8, 4) is 0 Å². The Balaban J connectivity index is 2.24. The largest absolute Gasteiger partial charge is 0.467 e. The quantitative estimate of drug-likeness (QED) is 0.762. The highest BCUT2D eigenvalue weighted by atomic mass is 19.1. The van der Waals surface area contributed by atoms with Crippen LogP contribution >= 0.6 is 0 Å². The zero-order valence-electron chi connectivity index (χ0n) is 14.2. The van der Waals surface area contributed by atoms with Crippen LogP contribution in [0.15, 0.2) is 18.2 Å². The first kappa shape index (κ1) is 19.2. The van der Waals surface area contributed by atoms with Crippen molar-refractivity contribution < 1.29 is 33.4 Å². The summed E-state index contributed by atoms with van der Waals surface area (Å²) in [6.07, 6.45) is -1.30. The van der Waals surface area contributed by atoms with Gasteiger partial charge in [-0.25, -0.2) is 14.0 Å². The molecule has 1 atom stereocenters. The Kier molecular flexibility index (Phi) is 5.75. The molecule has 2 N–H and O–H groups in total. The van der Waals surface area contributed by atoms with Crippen molar-refractivity contribution in [3.63, 3.8) is 0 Å². The monoisotopic (exact) mass is 367 g/mol. The number of hydrogen-bond acceptors (Lipinski definition) is 5. The summed E-state index contributed by atoms with van der Waals surface area (Å²) in [5.74, 6) is -2.51. The summed E-state index contributed by atoms with van der Waals surface area (Å²) in [7, 11) is 1.12. The first-order chi connectivity index (χ1) is 12.2. The molecule has 0 radical (unpaired) electrons. The lowest BCUT2D eigenvalue weighted by atomic mass is 10.1. The van der Waals surface area contributed by atoms with Gasteiger partial charge in [-0.05, 0) is 18.2 Å². The Morgan fingerprint density at radius 3 is 2.50 bits per heavy atom. The number of benzene rings is 1. The number of carbonyl (C=O) groups excluding carboxylic acids is 3. The molecule has 1 unspecified atom stereocenters. The number of rotatable bonds is 3. The lowest BCUT2D eigenvalue weighted by Crippen LogP contribution is -2.59. The second-order valence-electron chi connectivity index (χ2n) is 5.68. The normalized spacial score (nSPS) is 16.8. The van der Waals surface area contributed by atoms with E-state index in [1.807, 2.05) is 0 Å². The second kappa shape index (κ2) is 7.81. The summed E-state index contributed by atoms with van der Waals surface area (Å²) in [5, 5.41) is 11.6. The molecule has 0 saturated carbocycles. The van der Waals surface area contributed by atoms with E-state index in [1.54, 1.807) is 0 Å². The number of piperazine rings is 1. The minimum absolute atomic E-state index is 0.0267. The van der Waals surface area contributed by atoms with Crippen LogP contribution in [0.5, 0.6) is 0 Å². The molecule has 0 aliphatic carbocycles. The number of nitrogens with one attached hydrogen (secondary N) is 1. The fraction of sp³-hybridized carbons (Fsp3) is 0.375. The van der Waals surface area contributed by atoms with Crippen LogP contribution in [0.1, 0.15) is 17.3 Å². The third-order valence-electron chi connectivity index (χ3n) is 3.85. The number of esters is 1. The number of methoxy groups -OCH3 is 1. The van der Waals surface area contributed by atoms with Crippen molar-refractivity contribution in [1.29, 1.82) is 0 Å². The second-order valence-corrected chi connectivity index (χ2v) is 5.68. The summed E-state index contributed by atoms with van der Waals surface area (Å²) in [6.45, 7) is 0.974. The molecule has 3 amide bonds. The van der Waals surface area contributed by atoms with Gasteiger partial charge >= 0.3 is 12.1 Å². The number of halogens is 1. The number of anilines is 1. The van der Waals surface area contributed by atoms with Gasteiger partial charge in [-0.15, -0.1) is 0 Å². The zero-order chi connectivity index (χ0) is 19.4. The first-order valence-corrected chi connectivity index (χ1v) is 7.67. The summed E-state index contributed by atoms with van der Waals surface area (Å²) in [5.41, 5.74) is 0.0932. The molecule has 1 aliphatic rings. The number of amides is 3. The van der Waals surface area contributed by atoms with Gasteiger partial charge in [-0.3, -0.25) is 14.5 Å². The number of ether oxygens (including phenoxy) is 1. The molecule has 1 fully saturated rings. The Labute approximate surface area is 148 Å².